The van der Waals surface area contributed by atoms with Gasteiger partial charge >= 0.3 is 5.97 Å². The normalized spacial score (nSPS) is 11.2. The van der Waals surface area contributed by atoms with Crippen molar-refractivity contribution < 1.29 is 14.3 Å². The largest absolute Gasteiger partial charge is 0.467 e. The number of carbonyl (C=O) groups is 2. The number of ether oxygens (including phenoxy) is 1. The molecule has 0 unspecified atom stereocenters. The van der Waals surface area contributed by atoms with Crippen molar-refractivity contribution in [3.8, 4) is 6.07 Å². The first-order valence-electron chi connectivity index (χ1n) is 6.00. The fourth-order valence-corrected chi connectivity index (χ4v) is 2.11. The van der Waals surface area contributed by atoms with Crippen LogP contribution in [0.15, 0.2) is 24.3 Å². The number of carbonyl (C=O) groups excluding carboxylic acids is 2. The van der Waals surface area contributed by atoms with Gasteiger partial charge in [0.25, 0.3) is 5.91 Å². The molecule has 0 saturated heterocycles. The van der Waals surface area contributed by atoms with Crippen LogP contribution in [0.2, 0.25) is 0 Å². The first kappa shape index (κ1) is 16.1. The van der Waals surface area contributed by atoms with Gasteiger partial charge in [-0.25, -0.2) is 4.79 Å². The topological polar surface area (TPSA) is 79.2 Å². The molecule has 1 rings (SSSR count). The summed E-state index contributed by atoms with van der Waals surface area (Å²) in [6, 6.07) is 7.72. The second-order valence-corrected chi connectivity index (χ2v) is 4.97. The highest BCUT2D eigenvalue weighted by molar-refractivity contribution is 7.98. The molecule has 0 bridgehead atoms. The van der Waals surface area contributed by atoms with Gasteiger partial charge in [-0.15, -0.1) is 0 Å². The lowest BCUT2D eigenvalue weighted by Crippen LogP contribution is -2.42. The Bertz CT molecular complexity index is 525. The zero-order chi connectivity index (χ0) is 15.0. The number of esters is 1. The van der Waals surface area contributed by atoms with Crippen LogP contribution in [0.3, 0.4) is 0 Å². The van der Waals surface area contributed by atoms with Gasteiger partial charge < -0.3 is 10.1 Å². The van der Waals surface area contributed by atoms with Gasteiger partial charge in [-0.2, -0.15) is 17.0 Å². The minimum Gasteiger partial charge on any atom is -0.467 e. The minimum atomic E-state index is -0.702. The molecule has 0 fully saturated rings. The molecule has 1 amide bonds. The van der Waals surface area contributed by atoms with E-state index in [1.165, 1.54) is 7.11 Å². The van der Waals surface area contributed by atoms with Crippen LogP contribution in [0.25, 0.3) is 0 Å². The molecule has 0 aliphatic rings. The summed E-state index contributed by atoms with van der Waals surface area (Å²) in [7, 11) is 1.28. The molecule has 106 valence electrons. The number of rotatable bonds is 6. The third-order valence-corrected chi connectivity index (χ3v) is 3.34. The van der Waals surface area contributed by atoms with Crippen LogP contribution in [0.1, 0.15) is 22.3 Å². The molecule has 0 radical (unpaired) electrons. The Hall–Kier alpha value is -2.00. The van der Waals surface area contributed by atoms with E-state index in [-0.39, 0.29) is 11.1 Å². The summed E-state index contributed by atoms with van der Waals surface area (Å²) >= 11 is 1.58. The average molecular weight is 292 g/mol. The molecule has 0 heterocycles. The summed E-state index contributed by atoms with van der Waals surface area (Å²) in [5.41, 5.74) is 0.534. The van der Waals surface area contributed by atoms with E-state index < -0.39 is 17.9 Å². The van der Waals surface area contributed by atoms with E-state index in [0.717, 1.165) is 5.75 Å². The van der Waals surface area contributed by atoms with Crippen LogP contribution in [-0.4, -0.2) is 37.0 Å². The van der Waals surface area contributed by atoms with Crippen LogP contribution < -0.4 is 5.32 Å². The molecule has 1 aromatic carbocycles. The molecule has 0 spiro atoms. The van der Waals surface area contributed by atoms with Crippen LogP contribution in [-0.2, 0) is 9.53 Å². The predicted molar refractivity (Wildman–Crippen MR) is 77.4 cm³/mol. The van der Waals surface area contributed by atoms with E-state index in [0.29, 0.717) is 6.42 Å². The van der Waals surface area contributed by atoms with Gasteiger partial charge in [0.05, 0.1) is 24.3 Å². The number of nitrogens with one attached hydrogen (secondary N) is 1. The Morgan fingerprint density at radius 3 is 2.75 bits per heavy atom. The average Bonchev–Trinajstić information content (AvgIpc) is 2.50. The lowest BCUT2D eigenvalue weighted by Gasteiger charge is -2.16. The number of methoxy groups -OCH3 is 1. The molecule has 0 aliphatic carbocycles. The zero-order valence-electron chi connectivity index (χ0n) is 11.4. The van der Waals surface area contributed by atoms with Gasteiger partial charge in [0.1, 0.15) is 6.04 Å². The summed E-state index contributed by atoms with van der Waals surface area (Å²) in [6.45, 7) is 0. The van der Waals surface area contributed by atoms with Gasteiger partial charge in [-0.3, -0.25) is 4.79 Å². The monoisotopic (exact) mass is 292 g/mol. The third-order valence-electron chi connectivity index (χ3n) is 2.69. The standard InChI is InChI=1S/C14H16N2O3S/c1-19-14(18)12(7-8-20-2)16-13(17)11-6-4-3-5-10(11)9-15/h3-6,12H,7-8H2,1-2H3,(H,16,17)/t12-/m0/s1. The van der Waals surface area contributed by atoms with Crippen molar-refractivity contribution in [3.05, 3.63) is 35.4 Å². The maximum Gasteiger partial charge on any atom is 0.328 e. The third kappa shape index (κ3) is 4.28. The number of nitriles is 1. The number of nitrogens with zero attached hydrogens (tertiary/aromatic N) is 1. The molecular formula is C14H16N2O3S. The fourth-order valence-electron chi connectivity index (χ4n) is 1.64. The number of benzene rings is 1. The second-order valence-electron chi connectivity index (χ2n) is 3.99. The quantitative estimate of drug-likeness (QED) is 0.805. The Morgan fingerprint density at radius 2 is 2.15 bits per heavy atom. The van der Waals surface area contributed by atoms with Crippen molar-refractivity contribution in [2.75, 3.05) is 19.1 Å². The SMILES string of the molecule is COC(=O)[C@H](CCSC)NC(=O)c1ccccc1C#N. The maximum absolute atomic E-state index is 12.1. The maximum atomic E-state index is 12.1. The van der Waals surface area contributed by atoms with E-state index in [1.807, 2.05) is 12.3 Å². The Balaban J connectivity index is 2.85. The molecule has 20 heavy (non-hydrogen) atoms. The first-order chi connectivity index (χ1) is 9.63. The predicted octanol–water partition coefficient (Wildman–Crippen LogP) is 1.58. The molecule has 0 aliphatic heterocycles. The number of hydrogen-bond donors (Lipinski definition) is 1. The Morgan fingerprint density at radius 1 is 1.45 bits per heavy atom. The highest BCUT2D eigenvalue weighted by Gasteiger charge is 2.22. The van der Waals surface area contributed by atoms with Crippen molar-refractivity contribution in [1.29, 1.82) is 5.26 Å². The molecule has 0 saturated carbocycles. The van der Waals surface area contributed by atoms with Gasteiger partial charge in [-0.1, -0.05) is 12.1 Å². The van der Waals surface area contributed by atoms with E-state index in [9.17, 15) is 9.59 Å². The summed E-state index contributed by atoms with van der Waals surface area (Å²) in [4.78, 5) is 23.8. The van der Waals surface area contributed by atoms with Crippen molar-refractivity contribution in [2.45, 2.75) is 12.5 Å². The van der Waals surface area contributed by atoms with E-state index in [4.69, 9.17) is 5.26 Å². The molecule has 5 nitrogen and oxygen atoms in total. The molecular weight excluding hydrogens is 276 g/mol. The molecule has 6 heteroatoms. The first-order valence-corrected chi connectivity index (χ1v) is 7.40. The van der Waals surface area contributed by atoms with E-state index in [1.54, 1.807) is 36.0 Å². The molecule has 1 aromatic rings. The zero-order valence-corrected chi connectivity index (χ0v) is 12.2. The van der Waals surface area contributed by atoms with Crippen molar-refractivity contribution in [3.63, 3.8) is 0 Å². The van der Waals surface area contributed by atoms with E-state index >= 15 is 0 Å². The minimum absolute atomic E-state index is 0.257. The van der Waals surface area contributed by atoms with Crippen molar-refractivity contribution in [1.82, 2.24) is 5.32 Å². The van der Waals surface area contributed by atoms with Gasteiger partial charge in [-0.05, 0) is 30.6 Å². The van der Waals surface area contributed by atoms with Gasteiger partial charge in [0.15, 0.2) is 0 Å². The second kappa shape index (κ2) is 8.23. The van der Waals surface area contributed by atoms with Crippen molar-refractivity contribution >= 4 is 23.6 Å². The fraction of sp³-hybridized carbons (Fsp3) is 0.357. The van der Waals surface area contributed by atoms with Crippen LogP contribution in [0, 0.1) is 11.3 Å². The number of amides is 1. The smallest absolute Gasteiger partial charge is 0.328 e. The summed E-state index contributed by atoms with van der Waals surface area (Å²) < 4.78 is 4.67. The summed E-state index contributed by atoms with van der Waals surface area (Å²) in [5, 5.41) is 11.6. The molecule has 1 N–H and O–H groups in total. The van der Waals surface area contributed by atoms with Crippen LogP contribution >= 0.6 is 11.8 Å². The number of thioether (sulfide) groups is 1. The molecule has 0 aromatic heterocycles. The molecule has 1 atom stereocenters. The highest BCUT2D eigenvalue weighted by atomic mass is 32.2. The lowest BCUT2D eigenvalue weighted by molar-refractivity contribution is -0.142. The van der Waals surface area contributed by atoms with Crippen molar-refractivity contribution in [2.24, 2.45) is 0 Å². The summed E-state index contributed by atoms with van der Waals surface area (Å²) in [5.74, 6) is -0.208. The Labute approximate surface area is 122 Å². The van der Waals surface area contributed by atoms with E-state index in [2.05, 4.69) is 10.1 Å². The highest BCUT2D eigenvalue weighted by Crippen LogP contribution is 2.09. The van der Waals surface area contributed by atoms with Gasteiger partial charge in [0, 0.05) is 0 Å². The van der Waals surface area contributed by atoms with Crippen LogP contribution in [0.4, 0.5) is 0 Å². The Kier molecular flexibility index (Phi) is 6.60. The lowest BCUT2D eigenvalue weighted by atomic mass is 10.1. The van der Waals surface area contributed by atoms with Crippen LogP contribution in [0.5, 0.6) is 0 Å². The number of hydrogen-bond acceptors (Lipinski definition) is 5. The summed E-state index contributed by atoms with van der Waals surface area (Å²) in [6.07, 6.45) is 2.40. The van der Waals surface area contributed by atoms with Gasteiger partial charge in [0.2, 0.25) is 0 Å².